The average molecular weight is 352 g/mol. The fourth-order valence-electron chi connectivity index (χ4n) is 3.49. The standard InChI is InChI=1S/C18H19F3N2O2/c1-11-7-8-22(2)16(11)17(25)23-10-12(24)9-15(23)13-5-3-4-6-14(13)18(19,20)21/h3-8,12,15,24H,9-10H2,1-2H3/t12-,15+/m0/s1. The summed E-state index contributed by atoms with van der Waals surface area (Å²) in [6.45, 7) is 1.79. The molecule has 0 bridgehead atoms. The molecule has 1 N–H and O–H groups in total. The largest absolute Gasteiger partial charge is 0.416 e. The van der Waals surface area contributed by atoms with Gasteiger partial charge in [0.1, 0.15) is 5.69 Å². The molecule has 1 aromatic carbocycles. The predicted molar refractivity (Wildman–Crippen MR) is 86.0 cm³/mol. The topological polar surface area (TPSA) is 45.5 Å². The van der Waals surface area contributed by atoms with Gasteiger partial charge >= 0.3 is 6.18 Å². The number of benzene rings is 1. The van der Waals surface area contributed by atoms with Crippen molar-refractivity contribution in [3.05, 3.63) is 58.9 Å². The molecule has 4 nitrogen and oxygen atoms in total. The van der Waals surface area contributed by atoms with E-state index in [4.69, 9.17) is 0 Å². The quantitative estimate of drug-likeness (QED) is 0.901. The van der Waals surface area contributed by atoms with Gasteiger partial charge in [0.25, 0.3) is 5.91 Å². The Morgan fingerprint density at radius 1 is 1.24 bits per heavy atom. The van der Waals surface area contributed by atoms with E-state index in [0.717, 1.165) is 11.6 Å². The third-order valence-corrected chi connectivity index (χ3v) is 4.64. The van der Waals surface area contributed by atoms with Crippen LogP contribution in [0.2, 0.25) is 0 Å². The monoisotopic (exact) mass is 352 g/mol. The van der Waals surface area contributed by atoms with E-state index in [2.05, 4.69) is 0 Å². The van der Waals surface area contributed by atoms with Gasteiger partial charge < -0.3 is 14.6 Å². The van der Waals surface area contributed by atoms with E-state index in [1.165, 1.54) is 23.1 Å². The SMILES string of the molecule is Cc1ccn(C)c1C(=O)N1C[C@@H](O)C[C@@H]1c1ccccc1C(F)(F)F. The maximum atomic E-state index is 13.4. The molecule has 1 aliphatic rings. The first-order valence-corrected chi connectivity index (χ1v) is 7.97. The van der Waals surface area contributed by atoms with Gasteiger partial charge in [0.05, 0.1) is 17.7 Å². The zero-order valence-electron chi connectivity index (χ0n) is 13.9. The maximum absolute atomic E-state index is 13.4. The van der Waals surface area contributed by atoms with Crippen LogP contribution in [0.25, 0.3) is 0 Å². The second-order valence-corrected chi connectivity index (χ2v) is 6.41. The lowest BCUT2D eigenvalue weighted by Crippen LogP contribution is -2.34. The summed E-state index contributed by atoms with van der Waals surface area (Å²) in [6.07, 6.45) is -3.55. The van der Waals surface area contributed by atoms with E-state index in [0.29, 0.717) is 5.69 Å². The maximum Gasteiger partial charge on any atom is 0.416 e. The zero-order chi connectivity index (χ0) is 18.4. The van der Waals surface area contributed by atoms with E-state index in [1.54, 1.807) is 30.8 Å². The summed E-state index contributed by atoms with van der Waals surface area (Å²) in [4.78, 5) is 14.3. The molecule has 0 unspecified atom stereocenters. The number of rotatable bonds is 2. The van der Waals surface area contributed by atoms with E-state index < -0.39 is 23.9 Å². The van der Waals surface area contributed by atoms with Crippen molar-refractivity contribution in [1.82, 2.24) is 9.47 Å². The minimum atomic E-state index is -4.51. The first-order valence-electron chi connectivity index (χ1n) is 7.97. The highest BCUT2D eigenvalue weighted by Gasteiger charge is 2.42. The summed E-state index contributed by atoms with van der Waals surface area (Å²) < 4.78 is 41.7. The van der Waals surface area contributed by atoms with Crippen LogP contribution in [0, 0.1) is 6.92 Å². The van der Waals surface area contributed by atoms with E-state index in [9.17, 15) is 23.1 Å². The Morgan fingerprint density at radius 3 is 2.52 bits per heavy atom. The van der Waals surface area contributed by atoms with Crippen molar-refractivity contribution >= 4 is 5.91 Å². The molecule has 3 rings (SSSR count). The van der Waals surface area contributed by atoms with Crippen LogP contribution >= 0.6 is 0 Å². The fourth-order valence-corrected chi connectivity index (χ4v) is 3.49. The number of alkyl halides is 3. The molecule has 1 aromatic heterocycles. The molecule has 1 saturated heterocycles. The lowest BCUT2D eigenvalue weighted by atomic mass is 9.97. The molecule has 1 aliphatic heterocycles. The van der Waals surface area contributed by atoms with Gasteiger partial charge in [-0.1, -0.05) is 18.2 Å². The van der Waals surface area contributed by atoms with Crippen LogP contribution in [0.15, 0.2) is 36.5 Å². The minimum Gasteiger partial charge on any atom is -0.391 e. The Hall–Kier alpha value is -2.28. The molecule has 1 fully saturated rings. The molecule has 0 radical (unpaired) electrons. The number of aliphatic hydroxyl groups is 1. The van der Waals surface area contributed by atoms with E-state index >= 15 is 0 Å². The Kier molecular flexibility index (Phi) is 4.36. The minimum absolute atomic E-state index is 0.0142. The normalized spacial score (nSPS) is 21.0. The molecule has 2 aromatic rings. The highest BCUT2D eigenvalue weighted by atomic mass is 19.4. The van der Waals surface area contributed by atoms with Crippen LogP contribution in [-0.4, -0.2) is 33.1 Å². The van der Waals surface area contributed by atoms with Gasteiger partial charge in [0.15, 0.2) is 0 Å². The molecular formula is C18H19F3N2O2. The van der Waals surface area contributed by atoms with Gasteiger partial charge in [-0.3, -0.25) is 4.79 Å². The fraction of sp³-hybridized carbons (Fsp3) is 0.389. The molecule has 25 heavy (non-hydrogen) atoms. The number of aromatic nitrogens is 1. The number of hydrogen-bond donors (Lipinski definition) is 1. The highest BCUT2D eigenvalue weighted by molar-refractivity contribution is 5.94. The summed E-state index contributed by atoms with van der Waals surface area (Å²) in [5, 5.41) is 10.0. The molecule has 1 amide bonds. The van der Waals surface area contributed by atoms with Gasteiger partial charge in [-0.15, -0.1) is 0 Å². The molecular weight excluding hydrogens is 333 g/mol. The van der Waals surface area contributed by atoms with Crippen LogP contribution in [0.3, 0.4) is 0 Å². The first-order chi connectivity index (χ1) is 11.7. The lowest BCUT2D eigenvalue weighted by Gasteiger charge is -2.27. The Labute approximate surface area is 143 Å². The molecule has 0 spiro atoms. The van der Waals surface area contributed by atoms with Crippen molar-refractivity contribution in [3.8, 4) is 0 Å². The van der Waals surface area contributed by atoms with Crippen LogP contribution in [-0.2, 0) is 13.2 Å². The smallest absolute Gasteiger partial charge is 0.391 e. The summed E-state index contributed by atoms with van der Waals surface area (Å²) in [6, 6.07) is 6.20. The molecule has 7 heteroatoms. The average Bonchev–Trinajstić information content (AvgIpc) is 3.09. The van der Waals surface area contributed by atoms with Crippen molar-refractivity contribution in [2.45, 2.75) is 31.7 Å². The number of carbonyl (C=O) groups excluding carboxylic acids is 1. The third kappa shape index (κ3) is 3.16. The number of likely N-dealkylation sites (tertiary alicyclic amines) is 1. The summed E-state index contributed by atoms with van der Waals surface area (Å²) in [5.74, 6) is -0.372. The lowest BCUT2D eigenvalue weighted by molar-refractivity contribution is -0.138. The molecule has 2 heterocycles. The Bertz CT molecular complexity index is 778. The number of aliphatic hydroxyl groups excluding tert-OH is 1. The van der Waals surface area contributed by atoms with Crippen molar-refractivity contribution in [3.63, 3.8) is 0 Å². The predicted octanol–water partition coefficient (Wildman–Crippen LogP) is 3.30. The molecule has 0 aliphatic carbocycles. The summed E-state index contributed by atoms with van der Waals surface area (Å²) in [5.41, 5.74) is 0.419. The molecule has 2 atom stereocenters. The molecule has 0 saturated carbocycles. The van der Waals surface area contributed by atoms with Crippen molar-refractivity contribution < 1.29 is 23.1 Å². The van der Waals surface area contributed by atoms with Crippen LogP contribution in [0.4, 0.5) is 13.2 Å². The third-order valence-electron chi connectivity index (χ3n) is 4.64. The second-order valence-electron chi connectivity index (χ2n) is 6.41. The van der Waals surface area contributed by atoms with Crippen molar-refractivity contribution in [1.29, 1.82) is 0 Å². The van der Waals surface area contributed by atoms with E-state index in [-0.39, 0.29) is 24.4 Å². The van der Waals surface area contributed by atoms with Crippen LogP contribution < -0.4 is 0 Å². The van der Waals surface area contributed by atoms with Gasteiger partial charge in [0.2, 0.25) is 0 Å². The number of hydrogen-bond acceptors (Lipinski definition) is 2. The Balaban J connectivity index is 2.03. The van der Waals surface area contributed by atoms with Crippen LogP contribution in [0.5, 0.6) is 0 Å². The Morgan fingerprint density at radius 2 is 1.92 bits per heavy atom. The number of nitrogens with zero attached hydrogens (tertiary/aromatic N) is 2. The van der Waals surface area contributed by atoms with Crippen molar-refractivity contribution in [2.75, 3.05) is 6.54 Å². The van der Waals surface area contributed by atoms with Crippen LogP contribution in [0.1, 0.15) is 39.6 Å². The van der Waals surface area contributed by atoms with E-state index in [1.807, 2.05) is 0 Å². The number of carbonyl (C=O) groups is 1. The second kappa shape index (κ2) is 6.22. The van der Waals surface area contributed by atoms with Crippen molar-refractivity contribution in [2.24, 2.45) is 7.05 Å². The zero-order valence-corrected chi connectivity index (χ0v) is 13.9. The van der Waals surface area contributed by atoms with Gasteiger partial charge in [0, 0.05) is 19.8 Å². The number of aryl methyl sites for hydroxylation is 2. The first kappa shape index (κ1) is 17.5. The summed E-state index contributed by atoms with van der Waals surface area (Å²) in [7, 11) is 1.71. The number of halogens is 3. The van der Waals surface area contributed by atoms with Gasteiger partial charge in [-0.2, -0.15) is 13.2 Å². The summed E-state index contributed by atoms with van der Waals surface area (Å²) >= 11 is 0. The number of amides is 1. The highest BCUT2D eigenvalue weighted by Crippen LogP contribution is 2.41. The van der Waals surface area contributed by atoms with Gasteiger partial charge in [-0.25, -0.2) is 0 Å². The van der Waals surface area contributed by atoms with Gasteiger partial charge in [-0.05, 0) is 36.6 Å². The molecule has 134 valence electrons. The number of β-amino-alcohol motifs (C(OH)–C–C–N with tert-alkyl or cyclic N) is 1.